The average Bonchev–Trinajstić information content (AvgIpc) is 3.05. The highest BCUT2D eigenvalue weighted by Crippen LogP contribution is 2.26. The van der Waals surface area contributed by atoms with E-state index in [0.29, 0.717) is 11.6 Å². The number of thioether (sulfide) groups is 1. The summed E-state index contributed by atoms with van der Waals surface area (Å²) in [5.41, 5.74) is 1.71. The van der Waals surface area contributed by atoms with Crippen LogP contribution in [-0.4, -0.2) is 49.4 Å². The fourth-order valence-corrected chi connectivity index (χ4v) is 3.59. The third-order valence-electron chi connectivity index (χ3n) is 3.95. The smallest absolute Gasteiger partial charge is 0.232 e. The Balaban J connectivity index is 1.92. The van der Waals surface area contributed by atoms with Crippen LogP contribution in [-0.2, 0) is 4.79 Å². The Hall–Kier alpha value is -2.41. The van der Waals surface area contributed by atoms with Crippen molar-refractivity contribution in [3.05, 3.63) is 42.4 Å². The van der Waals surface area contributed by atoms with Crippen LogP contribution in [0.2, 0.25) is 0 Å². The molecule has 0 saturated carbocycles. The van der Waals surface area contributed by atoms with E-state index in [4.69, 9.17) is 0 Å². The van der Waals surface area contributed by atoms with Crippen molar-refractivity contribution in [1.82, 2.24) is 24.6 Å². The van der Waals surface area contributed by atoms with E-state index in [9.17, 15) is 4.79 Å². The zero-order chi connectivity index (χ0) is 17.8. The average molecular weight is 355 g/mol. The number of hydrogen-bond acceptors (Lipinski definition) is 5. The topological polar surface area (TPSA) is 63.9 Å². The monoisotopic (exact) mass is 355 g/mol. The van der Waals surface area contributed by atoms with Gasteiger partial charge in [-0.2, -0.15) is 5.10 Å². The number of nitrogens with zero attached hydrogens (tertiary/aromatic N) is 5. The largest absolute Gasteiger partial charge is 0.343 e. The molecule has 0 N–H and O–H groups in total. The lowest BCUT2D eigenvalue weighted by Gasteiger charge is -2.18. The number of hydrogen-bond donors (Lipinski definition) is 0. The number of amides is 1. The molecule has 0 atom stereocenters. The molecule has 25 heavy (non-hydrogen) atoms. The van der Waals surface area contributed by atoms with Crippen LogP contribution in [0.3, 0.4) is 0 Å². The van der Waals surface area contributed by atoms with Crippen LogP contribution in [0.25, 0.3) is 16.7 Å². The van der Waals surface area contributed by atoms with Crippen molar-refractivity contribution >= 4 is 28.7 Å². The minimum absolute atomic E-state index is 0.120. The Bertz CT molecular complexity index is 874. The molecule has 6 nitrogen and oxygen atoms in total. The number of carbonyl (C=O) groups is 1. The van der Waals surface area contributed by atoms with E-state index < -0.39 is 0 Å². The van der Waals surface area contributed by atoms with Gasteiger partial charge in [-0.05, 0) is 32.9 Å². The highest BCUT2D eigenvalue weighted by Gasteiger charge is 2.16. The maximum absolute atomic E-state index is 12.3. The van der Waals surface area contributed by atoms with Gasteiger partial charge in [0.2, 0.25) is 5.91 Å². The third-order valence-corrected chi connectivity index (χ3v) is 4.93. The fourth-order valence-electron chi connectivity index (χ4n) is 2.65. The quantitative estimate of drug-likeness (QED) is 0.502. The molecule has 3 aromatic rings. The van der Waals surface area contributed by atoms with Crippen molar-refractivity contribution in [3.63, 3.8) is 0 Å². The number of aromatic nitrogens is 4. The summed E-state index contributed by atoms with van der Waals surface area (Å²) in [6, 6.07) is 9.88. The molecule has 0 aliphatic carbocycles. The second kappa shape index (κ2) is 7.65. The minimum atomic E-state index is 0.120. The van der Waals surface area contributed by atoms with Crippen molar-refractivity contribution in [2.24, 2.45) is 0 Å². The standard InChI is InChI=1S/C18H21N5OS/c1-4-22(5-2)16(24)12-25-18-15-11-19-23(14-9-7-6-8-10-14)17(15)20-13(3)21-18/h6-11H,4-5,12H2,1-3H3. The van der Waals surface area contributed by atoms with Crippen LogP contribution in [0.1, 0.15) is 19.7 Å². The number of para-hydroxylation sites is 1. The molecule has 0 fully saturated rings. The molecule has 1 aromatic carbocycles. The lowest BCUT2D eigenvalue weighted by Crippen LogP contribution is -2.31. The SMILES string of the molecule is CCN(CC)C(=O)CSc1nc(C)nc2c1cnn2-c1ccccc1. The molecular weight excluding hydrogens is 334 g/mol. The highest BCUT2D eigenvalue weighted by molar-refractivity contribution is 8.00. The van der Waals surface area contributed by atoms with E-state index in [2.05, 4.69) is 15.1 Å². The molecule has 0 aliphatic rings. The molecule has 0 unspecified atom stereocenters. The summed E-state index contributed by atoms with van der Waals surface area (Å²) < 4.78 is 1.81. The molecule has 1 amide bonds. The van der Waals surface area contributed by atoms with Crippen molar-refractivity contribution in [2.75, 3.05) is 18.8 Å². The first-order valence-corrected chi connectivity index (χ1v) is 9.31. The van der Waals surface area contributed by atoms with Gasteiger partial charge in [0.15, 0.2) is 5.65 Å². The Kier molecular flexibility index (Phi) is 5.33. The van der Waals surface area contributed by atoms with Gasteiger partial charge in [0.05, 0.1) is 23.0 Å². The first-order valence-electron chi connectivity index (χ1n) is 8.32. The predicted octanol–water partition coefficient (Wildman–Crippen LogP) is 3.08. The van der Waals surface area contributed by atoms with Crippen molar-refractivity contribution in [3.8, 4) is 5.69 Å². The Morgan fingerprint density at radius 2 is 1.88 bits per heavy atom. The normalized spacial score (nSPS) is 11.0. The number of aryl methyl sites for hydroxylation is 1. The van der Waals surface area contributed by atoms with Gasteiger partial charge in [0.1, 0.15) is 10.9 Å². The van der Waals surface area contributed by atoms with Gasteiger partial charge >= 0.3 is 0 Å². The van der Waals surface area contributed by atoms with Crippen LogP contribution in [0.15, 0.2) is 41.6 Å². The molecular formula is C18H21N5OS. The summed E-state index contributed by atoms with van der Waals surface area (Å²) in [4.78, 5) is 23.2. The zero-order valence-corrected chi connectivity index (χ0v) is 15.5. The summed E-state index contributed by atoms with van der Waals surface area (Å²) in [6.45, 7) is 7.28. The molecule has 2 aromatic heterocycles. The van der Waals surface area contributed by atoms with Gasteiger partial charge in [-0.1, -0.05) is 30.0 Å². The van der Waals surface area contributed by atoms with E-state index in [1.807, 2.05) is 56.0 Å². The molecule has 0 bridgehead atoms. The Morgan fingerprint density at radius 3 is 2.56 bits per heavy atom. The van der Waals surface area contributed by atoms with E-state index >= 15 is 0 Å². The van der Waals surface area contributed by atoms with E-state index in [1.54, 1.807) is 10.9 Å². The first kappa shape index (κ1) is 17.4. The van der Waals surface area contributed by atoms with Crippen molar-refractivity contribution < 1.29 is 4.79 Å². The van der Waals surface area contributed by atoms with Crippen molar-refractivity contribution in [2.45, 2.75) is 25.8 Å². The van der Waals surface area contributed by atoms with E-state index in [1.165, 1.54) is 11.8 Å². The number of fused-ring (bicyclic) bond motifs is 1. The lowest BCUT2D eigenvalue weighted by atomic mass is 10.3. The van der Waals surface area contributed by atoms with Crippen LogP contribution in [0, 0.1) is 6.92 Å². The number of benzene rings is 1. The van der Waals surface area contributed by atoms with Crippen LogP contribution >= 0.6 is 11.8 Å². The number of carbonyl (C=O) groups excluding carboxylic acids is 1. The van der Waals surface area contributed by atoms with Crippen LogP contribution in [0.4, 0.5) is 0 Å². The summed E-state index contributed by atoms with van der Waals surface area (Å²) in [7, 11) is 0. The Morgan fingerprint density at radius 1 is 1.16 bits per heavy atom. The molecule has 0 aliphatic heterocycles. The summed E-state index contributed by atoms with van der Waals surface area (Å²) >= 11 is 1.44. The first-order chi connectivity index (χ1) is 12.1. The summed E-state index contributed by atoms with van der Waals surface area (Å²) in [6.07, 6.45) is 1.77. The van der Waals surface area contributed by atoms with Gasteiger partial charge in [0.25, 0.3) is 0 Å². The number of rotatable bonds is 6. The molecule has 0 saturated heterocycles. The molecule has 3 rings (SSSR count). The molecule has 130 valence electrons. The summed E-state index contributed by atoms with van der Waals surface area (Å²) in [5.74, 6) is 1.15. The molecule has 7 heteroatoms. The predicted molar refractivity (Wildman–Crippen MR) is 100 cm³/mol. The zero-order valence-electron chi connectivity index (χ0n) is 14.6. The maximum Gasteiger partial charge on any atom is 0.232 e. The van der Waals surface area contributed by atoms with Gasteiger partial charge in [-0.15, -0.1) is 0 Å². The van der Waals surface area contributed by atoms with Gasteiger partial charge in [-0.25, -0.2) is 14.6 Å². The molecule has 2 heterocycles. The van der Waals surface area contributed by atoms with Gasteiger partial charge in [-0.3, -0.25) is 4.79 Å². The molecule has 0 spiro atoms. The van der Waals surface area contributed by atoms with E-state index in [0.717, 1.165) is 34.8 Å². The van der Waals surface area contributed by atoms with Crippen molar-refractivity contribution in [1.29, 1.82) is 0 Å². The summed E-state index contributed by atoms with van der Waals surface area (Å²) in [5, 5.41) is 6.13. The maximum atomic E-state index is 12.3. The van der Waals surface area contributed by atoms with Crippen LogP contribution in [0.5, 0.6) is 0 Å². The third kappa shape index (κ3) is 3.66. The lowest BCUT2D eigenvalue weighted by molar-refractivity contribution is -0.127. The van der Waals surface area contributed by atoms with E-state index in [-0.39, 0.29) is 5.91 Å². The van der Waals surface area contributed by atoms with Gasteiger partial charge < -0.3 is 4.90 Å². The van der Waals surface area contributed by atoms with Gasteiger partial charge in [0, 0.05) is 13.1 Å². The fraction of sp³-hybridized carbons (Fsp3) is 0.333. The highest BCUT2D eigenvalue weighted by atomic mass is 32.2. The second-order valence-electron chi connectivity index (χ2n) is 5.56. The molecule has 0 radical (unpaired) electrons. The second-order valence-corrected chi connectivity index (χ2v) is 6.52. The minimum Gasteiger partial charge on any atom is -0.343 e. The van der Waals surface area contributed by atoms with Crippen LogP contribution < -0.4 is 0 Å². The Labute approximate surface area is 151 Å².